The van der Waals surface area contributed by atoms with Crippen molar-refractivity contribution in [3.8, 4) is 0 Å². The minimum Gasteiger partial charge on any atom is -0.352 e. The third-order valence-electron chi connectivity index (χ3n) is 6.94. The fourth-order valence-corrected chi connectivity index (χ4v) is 5.31. The van der Waals surface area contributed by atoms with E-state index in [4.69, 9.17) is 0 Å². The molecule has 0 spiro atoms. The molecular formula is C31H39N3O4S. The molecule has 3 aromatic carbocycles. The maximum atomic E-state index is 14.1. The van der Waals surface area contributed by atoms with Crippen LogP contribution >= 0.6 is 0 Å². The summed E-state index contributed by atoms with van der Waals surface area (Å²) in [6.45, 7) is 7.42. The number of anilines is 1. The van der Waals surface area contributed by atoms with Gasteiger partial charge in [-0.1, -0.05) is 79.7 Å². The quantitative estimate of drug-likeness (QED) is 0.357. The Morgan fingerprint density at radius 3 is 2.05 bits per heavy atom. The van der Waals surface area contributed by atoms with Crippen LogP contribution in [0.5, 0.6) is 0 Å². The van der Waals surface area contributed by atoms with Gasteiger partial charge in [-0.3, -0.25) is 13.9 Å². The number of amides is 2. The number of rotatable bonds is 12. The van der Waals surface area contributed by atoms with Gasteiger partial charge >= 0.3 is 0 Å². The zero-order valence-corrected chi connectivity index (χ0v) is 24.2. The molecule has 0 aromatic heterocycles. The lowest BCUT2D eigenvalue weighted by atomic mass is 10.0. The van der Waals surface area contributed by atoms with Gasteiger partial charge in [-0.05, 0) is 55.5 Å². The van der Waals surface area contributed by atoms with Crippen molar-refractivity contribution in [1.29, 1.82) is 0 Å². The number of hydrogen-bond donors (Lipinski definition) is 1. The lowest BCUT2D eigenvalue weighted by molar-refractivity contribution is -0.140. The smallest absolute Gasteiger partial charge is 0.244 e. The van der Waals surface area contributed by atoms with E-state index >= 15 is 0 Å². The number of aryl methyl sites for hydroxylation is 2. The Morgan fingerprint density at radius 1 is 0.872 bits per heavy atom. The van der Waals surface area contributed by atoms with Gasteiger partial charge in [-0.15, -0.1) is 0 Å². The van der Waals surface area contributed by atoms with Gasteiger partial charge in [0, 0.05) is 19.0 Å². The van der Waals surface area contributed by atoms with Crippen LogP contribution < -0.4 is 9.62 Å². The minimum absolute atomic E-state index is 0.0781. The second-order valence-electron chi connectivity index (χ2n) is 10.0. The number of sulfonamides is 1. The van der Waals surface area contributed by atoms with Crippen molar-refractivity contribution >= 4 is 27.5 Å². The molecule has 3 aromatic rings. The molecular weight excluding hydrogens is 510 g/mol. The van der Waals surface area contributed by atoms with Crippen LogP contribution in [0.3, 0.4) is 0 Å². The van der Waals surface area contributed by atoms with E-state index < -0.39 is 28.5 Å². The van der Waals surface area contributed by atoms with E-state index in [9.17, 15) is 18.0 Å². The molecule has 0 aliphatic rings. The van der Waals surface area contributed by atoms with Crippen LogP contribution in [0, 0.1) is 13.8 Å². The van der Waals surface area contributed by atoms with Crippen molar-refractivity contribution in [2.75, 3.05) is 17.1 Å². The largest absolute Gasteiger partial charge is 0.352 e. The highest BCUT2D eigenvalue weighted by atomic mass is 32.2. The second kappa shape index (κ2) is 13.4. The third kappa shape index (κ3) is 8.17. The standard InChI is InChI=1S/C31H39N3O4S/c1-6-25(4)32-31(36)29(20-26-16-8-7-9-17-26)33(21-27-18-12-10-14-23(27)2)30(35)22-34(39(5,37)38)28-19-13-11-15-24(28)3/h7-19,25,29H,6,20-22H2,1-5H3,(H,32,36)/t25-,29-/m1/s1. The lowest BCUT2D eigenvalue weighted by Gasteiger charge is -2.34. The summed E-state index contributed by atoms with van der Waals surface area (Å²) >= 11 is 0. The summed E-state index contributed by atoms with van der Waals surface area (Å²) in [7, 11) is -3.79. The third-order valence-corrected chi connectivity index (χ3v) is 8.06. The molecule has 1 N–H and O–H groups in total. The maximum absolute atomic E-state index is 14.1. The number of nitrogens with zero attached hydrogens (tertiary/aromatic N) is 2. The summed E-state index contributed by atoms with van der Waals surface area (Å²) in [6, 6.07) is 23.4. The van der Waals surface area contributed by atoms with Gasteiger partial charge in [0.2, 0.25) is 21.8 Å². The number of benzene rings is 3. The van der Waals surface area contributed by atoms with Crippen molar-refractivity contribution in [3.63, 3.8) is 0 Å². The number of nitrogens with one attached hydrogen (secondary N) is 1. The number of hydrogen-bond acceptors (Lipinski definition) is 4. The van der Waals surface area contributed by atoms with Crippen molar-refractivity contribution in [1.82, 2.24) is 10.2 Å². The monoisotopic (exact) mass is 549 g/mol. The number of carbonyl (C=O) groups is 2. The Kier molecular flexibility index (Phi) is 10.3. The second-order valence-corrected chi connectivity index (χ2v) is 11.9. The molecule has 0 radical (unpaired) electrons. The predicted molar refractivity (Wildman–Crippen MR) is 157 cm³/mol. The zero-order chi connectivity index (χ0) is 28.6. The first kappa shape index (κ1) is 29.9. The summed E-state index contributed by atoms with van der Waals surface area (Å²) < 4.78 is 26.9. The summed E-state index contributed by atoms with van der Waals surface area (Å²) in [5.41, 5.74) is 3.95. The maximum Gasteiger partial charge on any atom is 0.244 e. The molecule has 7 nitrogen and oxygen atoms in total. The molecule has 39 heavy (non-hydrogen) atoms. The fraction of sp³-hybridized carbons (Fsp3) is 0.355. The van der Waals surface area contributed by atoms with Crippen molar-refractivity contribution < 1.29 is 18.0 Å². The summed E-state index contributed by atoms with van der Waals surface area (Å²) in [4.78, 5) is 29.4. The first-order valence-corrected chi connectivity index (χ1v) is 15.1. The van der Waals surface area contributed by atoms with Crippen LogP contribution in [0.25, 0.3) is 0 Å². The fourth-order valence-electron chi connectivity index (χ4n) is 4.40. The summed E-state index contributed by atoms with van der Waals surface area (Å²) in [6.07, 6.45) is 2.13. The molecule has 3 rings (SSSR count). The Balaban J connectivity index is 2.08. The van der Waals surface area contributed by atoms with Crippen LogP contribution in [0.4, 0.5) is 5.69 Å². The zero-order valence-electron chi connectivity index (χ0n) is 23.4. The Labute approximate surface area is 232 Å². The molecule has 0 unspecified atom stereocenters. The average Bonchev–Trinajstić information content (AvgIpc) is 2.90. The van der Waals surface area contributed by atoms with Crippen molar-refractivity contribution in [2.45, 2.75) is 59.2 Å². The normalized spacial score (nSPS) is 12.8. The Morgan fingerprint density at radius 2 is 1.46 bits per heavy atom. The molecule has 208 valence electrons. The first-order valence-electron chi connectivity index (χ1n) is 13.2. The van der Waals surface area contributed by atoms with Gasteiger partial charge in [0.15, 0.2) is 0 Å². The van der Waals surface area contributed by atoms with Crippen LogP contribution in [0.1, 0.15) is 42.5 Å². The molecule has 0 bridgehead atoms. The van der Waals surface area contributed by atoms with Crippen molar-refractivity contribution in [3.05, 3.63) is 101 Å². The average molecular weight is 550 g/mol. The minimum atomic E-state index is -3.79. The topological polar surface area (TPSA) is 86.8 Å². The molecule has 2 atom stereocenters. The molecule has 0 saturated heterocycles. The number of para-hydroxylation sites is 1. The van der Waals surface area contributed by atoms with Gasteiger partial charge in [-0.2, -0.15) is 0 Å². The molecule has 0 aliphatic heterocycles. The van der Waals surface area contributed by atoms with Crippen molar-refractivity contribution in [2.24, 2.45) is 0 Å². The van der Waals surface area contributed by atoms with Gasteiger partial charge in [-0.25, -0.2) is 8.42 Å². The van der Waals surface area contributed by atoms with Crippen LogP contribution in [-0.4, -0.2) is 50.0 Å². The van der Waals surface area contributed by atoms with Gasteiger partial charge in [0.25, 0.3) is 0 Å². The highest BCUT2D eigenvalue weighted by Gasteiger charge is 2.33. The van der Waals surface area contributed by atoms with Gasteiger partial charge < -0.3 is 10.2 Å². The van der Waals surface area contributed by atoms with E-state index in [0.717, 1.165) is 39.2 Å². The Bertz CT molecular complexity index is 1380. The predicted octanol–water partition coefficient (Wildman–Crippen LogP) is 4.62. The summed E-state index contributed by atoms with van der Waals surface area (Å²) in [5.74, 6) is -0.718. The molecule has 0 saturated carbocycles. The number of carbonyl (C=O) groups excluding carboxylic acids is 2. The SMILES string of the molecule is CC[C@@H](C)NC(=O)[C@@H](Cc1ccccc1)N(Cc1ccccc1C)C(=O)CN(c1ccccc1C)S(C)(=O)=O. The van der Waals surface area contributed by atoms with E-state index in [1.54, 1.807) is 25.1 Å². The van der Waals surface area contributed by atoms with Gasteiger partial charge in [0.1, 0.15) is 12.6 Å². The van der Waals surface area contributed by atoms with E-state index in [1.807, 2.05) is 81.4 Å². The molecule has 0 fully saturated rings. The van der Waals surface area contributed by atoms with E-state index in [1.165, 1.54) is 4.90 Å². The highest BCUT2D eigenvalue weighted by molar-refractivity contribution is 7.92. The molecule has 0 heterocycles. The summed E-state index contributed by atoms with van der Waals surface area (Å²) in [5, 5.41) is 3.05. The van der Waals surface area contributed by atoms with Gasteiger partial charge in [0.05, 0.1) is 11.9 Å². The first-order chi connectivity index (χ1) is 18.5. The Hall–Kier alpha value is -3.65. The molecule has 0 aliphatic carbocycles. The van der Waals surface area contributed by atoms with E-state index in [0.29, 0.717) is 12.1 Å². The molecule has 8 heteroatoms. The van der Waals surface area contributed by atoms with E-state index in [-0.39, 0.29) is 18.5 Å². The van der Waals surface area contributed by atoms with Crippen LogP contribution in [-0.2, 0) is 32.6 Å². The van der Waals surface area contributed by atoms with E-state index in [2.05, 4.69) is 5.32 Å². The lowest BCUT2D eigenvalue weighted by Crippen LogP contribution is -2.54. The highest BCUT2D eigenvalue weighted by Crippen LogP contribution is 2.24. The van der Waals surface area contributed by atoms with Crippen LogP contribution in [0.15, 0.2) is 78.9 Å². The van der Waals surface area contributed by atoms with Crippen LogP contribution in [0.2, 0.25) is 0 Å². The molecule has 2 amide bonds.